The minimum atomic E-state index is -3.33. The molecule has 0 aliphatic heterocycles. The van der Waals surface area contributed by atoms with Crippen molar-refractivity contribution in [3.05, 3.63) is 23.3 Å². The van der Waals surface area contributed by atoms with Gasteiger partial charge in [0.15, 0.2) is 0 Å². The maximum atomic E-state index is 12.4. The molecule has 0 atom stereocenters. The molecule has 1 aromatic rings. The van der Waals surface area contributed by atoms with Crippen LogP contribution in [0.25, 0.3) is 0 Å². The van der Waals surface area contributed by atoms with E-state index in [1.165, 1.54) is 0 Å². The van der Waals surface area contributed by atoms with Crippen LogP contribution in [0.2, 0.25) is 0 Å². The van der Waals surface area contributed by atoms with Gasteiger partial charge in [-0.15, -0.1) is 0 Å². The van der Waals surface area contributed by atoms with E-state index in [9.17, 15) is 8.42 Å². The van der Waals surface area contributed by atoms with Crippen LogP contribution >= 0.6 is 0 Å². The second kappa shape index (κ2) is 5.41. The molecule has 2 rings (SSSR count). The SMILES string of the molecule is Cc1ccc(N)c(NS(=O)(=O)C2CCCCC2)c1C. The minimum Gasteiger partial charge on any atom is -0.397 e. The first kappa shape index (κ1) is 14.2. The predicted molar refractivity (Wildman–Crippen MR) is 79.7 cm³/mol. The van der Waals surface area contributed by atoms with Crippen molar-refractivity contribution in [1.29, 1.82) is 0 Å². The highest BCUT2D eigenvalue weighted by atomic mass is 32.2. The highest BCUT2D eigenvalue weighted by Gasteiger charge is 2.28. The molecule has 0 spiro atoms. The zero-order valence-corrected chi connectivity index (χ0v) is 12.4. The molecule has 106 valence electrons. The standard InChI is InChI=1S/C14H22N2O2S/c1-10-8-9-13(15)14(11(10)2)16-19(17,18)12-6-4-3-5-7-12/h8-9,12,16H,3-7,15H2,1-2H3. The molecule has 0 amide bonds. The van der Waals surface area contributed by atoms with E-state index in [0.717, 1.165) is 43.2 Å². The van der Waals surface area contributed by atoms with E-state index < -0.39 is 10.0 Å². The Hall–Kier alpha value is -1.23. The molecular weight excluding hydrogens is 260 g/mol. The van der Waals surface area contributed by atoms with E-state index >= 15 is 0 Å². The fraction of sp³-hybridized carbons (Fsp3) is 0.571. The number of sulfonamides is 1. The summed E-state index contributed by atoms with van der Waals surface area (Å²) < 4.78 is 27.5. The Morgan fingerprint density at radius 3 is 2.42 bits per heavy atom. The summed E-state index contributed by atoms with van der Waals surface area (Å²) in [7, 11) is -3.33. The van der Waals surface area contributed by atoms with Crippen LogP contribution in [0.15, 0.2) is 12.1 Å². The Morgan fingerprint density at radius 2 is 1.79 bits per heavy atom. The van der Waals surface area contributed by atoms with Gasteiger partial charge in [0.1, 0.15) is 0 Å². The lowest BCUT2D eigenvalue weighted by atomic mass is 10.0. The lowest BCUT2D eigenvalue weighted by Gasteiger charge is -2.23. The van der Waals surface area contributed by atoms with Gasteiger partial charge in [-0.3, -0.25) is 4.72 Å². The van der Waals surface area contributed by atoms with Crippen LogP contribution in [0.4, 0.5) is 11.4 Å². The van der Waals surface area contributed by atoms with Crippen molar-refractivity contribution in [2.75, 3.05) is 10.5 Å². The number of nitrogens with two attached hydrogens (primary N) is 1. The molecule has 1 aliphatic rings. The quantitative estimate of drug-likeness (QED) is 0.837. The Labute approximate surface area is 115 Å². The van der Waals surface area contributed by atoms with Crippen LogP contribution in [-0.4, -0.2) is 13.7 Å². The molecule has 1 saturated carbocycles. The topological polar surface area (TPSA) is 72.2 Å². The van der Waals surface area contributed by atoms with Crippen LogP contribution in [-0.2, 0) is 10.0 Å². The van der Waals surface area contributed by atoms with Gasteiger partial charge in [-0.05, 0) is 43.9 Å². The lowest BCUT2D eigenvalue weighted by molar-refractivity contribution is 0.486. The van der Waals surface area contributed by atoms with Crippen molar-refractivity contribution in [3.8, 4) is 0 Å². The summed E-state index contributed by atoms with van der Waals surface area (Å²) >= 11 is 0. The molecule has 0 saturated heterocycles. The molecule has 19 heavy (non-hydrogen) atoms. The van der Waals surface area contributed by atoms with Crippen LogP contribution in [0.3, 0.4) is 0 Å². The smallest absolute Gasteiger partial charge is 0.235 e. The van der Waals surface area contributed by atoms with Crippen molar-refractivity contribution in [2.24, 2.45) is 0 Å². The number of aryl methyl sites for hydroxylation is 1. The van der Waals surface area contributed by atoms with E-state index in [2.05, 4.69) is 4.72 Å². The highest BCUT2D eigenvalue weighted by molar-refractivity contribution is 7.93. The zero-order chi connectivity index (χ0) is 14.0. The molecule has 0 bridgehead atoms. The first-order valence-electron chi connectivity index (χ1n) is 6.79. The average molecular weight is 282 g/mol. The molecule has 0 heterocycles. The third kappa shape index (κ3) is 3.03. The number of hydrogen-bond donors (Lipinski definition) is 2. The number of rotatable bonds is 3. The second-order valence-corrected chi connectivity index (χ2v) is 7.34. The predicted octanol–water partition coefficient (Wildman–Crippen LogP) is 2.96. The van der Waals surface area contributed by atoms with Crippen LogP contribution in [0, 0.1) is 13.8 Å². The largest absolute Gasteiger partial charge is 0.397 e. The lowest BCUT2D eigenvalue weighted by Crippen LogP contribution is -2.30. The molecule has 1 aromatic carbocycles. The fourth-order valence-electron chi connectivity index (χ4n) is 2.57. The van der Waals surface area contributed by atoms with E-state index in [4.69, 9.17) is 5.73 Å². The maximum Gasteiger partial charge on any atom is 0.235 e. The third-order valence-corrected chi connectivity index (χ3v) is 5.84. The van der Waals surface area contributed by atoms with Crippen LogP contribution in [0.5, 0.6) is 0 Å². The molecule has 3 N–H and O–H groups in total. The summed E-state index contributed by atoms with van der Waals surface area (Å²) in [6, 6.07) is 3.66. The van der Waals surface area contributed by atoms with Crippen LogP contribution < -0.4 is 10.5 Å². The summed E-state index contributed by atoms with van der Waals surface area (Å²) in [4.78, 5) is 0. The van der Waals surface area contributed by atoms with Crippen molar-refractivity contribution in [2.45, 2.75) is 51.2 Å². The second-order valence-electron chi connectivity index (χ2n) is 5.38. The van der Waals surface area contributed by atoms with Crippen molar-refractivity contribution in [1.82, 2.24) is 0 Å². The number of benzene rings is 1. The van der Waals surface area contributed by atoms with Crippen molar-refractivity contribution < 1.29 is 8.42 Å². The summed E-state index contributed by atoms with van der Waals surface area (Å²) in [5, 5.41) is -0.277. The number of anilines is 2. The third-order valence-electron chi connectivity index (χ3n) is 4.00. The van der Waals surface area contributed by atoms with Gasteiger partial charge in [-0.1, -0.05) is 25.3 Å². The first-order valence-corrected chi connectivity index (χ1v) is 8.34. The van der Waals surface area contributed by atoms with Gasteiger partial charge in [0.05, 0.1) is 16.6 Å². The first-order chi connectivity index (χ1) is 8.92. The number of hydrogen-bond acceptors (Lipinski definition) is 3. The van der Waals surface area contributed by atoms with Gasteiger partial charge in [0.25, 0.3) is 0 Å². The Bertz CT molecular complexity index is 561. The zero-order valence-electron chi connectivity index (χ0n) is 11.6. The normalized spacial score (nSPS) is 17.4. The molecular formula is C14H22N2O2S. The highest BCUT2D eigenvalue weighted by Crippen LogP contribution is 2.30. The number of nitrogen functional groups attached to an aromatic ring is 1. The Morgan fingerprint density at radius 1 is 1.16 bits per heavy atom. The van der Waals surface area contributed by atoms with Gasteiger partial charge in [-0.2, -0.15) is 0 Å². The molecule has 4 nitrogen and oxygen atoms in total. The Balaban J connectivity index is 2.27. The monoisotopic (exact) mass is 282 g/mol. The summed E-state index contributed by atoms with van der Waals surface area (Å²) in [5.74, 6) is 0. The van der Waals surface area contributed by atoms with Gasteiger partial charge >= 0.3 is 0 Å². The van der Waals surface area contributed by atoms with Crippen LogP contribution in [0.1, 0.15) is 43.2 Å². The van der Waals surface area contributed by atoms with Gasteiger partial charge < -0.3 is 5.73 Å². The summed E-state index contributed by atoms with van der Waals surface area (Å²) in [6.07, 6.45) is 4.62. The minimum absolute atomic E-state index is 0.277. The number of nitrogens with one attached hydrogen (secondary N) is 1. The van der Waals surface area contributed by atoms with Crippen molar-refractivity contribution in [3.63, 3.8) is 0 Å². The molecule has 1 aliphatic carbocycles. The average Bonchev–Trinajstić information content (AvgIpc) is 2.40. The van der Waals surface area contributed by atoms with Gasteiger partial charge in [0, 0.05) is 0 Å². The molecule has 0 unspecified atom stereocenters. The molecule has 1 fully saturated rings. The van der Waals surface area contributed by atoms with E-state index in [1.807, 2.05) is 19.9 Å². The fourth-order valence-corrected chi connectivity index (χ4v) is 4.25. The summed E-state index contributed by atoms with van der Waals surface area (Å²) in [6.45, 7) is 3.84. The van der Waals surface area contributed by atoms with E-state index in [1.54, 1.807) is 6.07 Å². The Kier molecular flexibility index (Phi) is 4.04. The van der Waals surface area contributed by atoms with Gasteiger partial charge in [0.2, 0.25) is 10.0 Å². The maximum absolute atomic E-state index is 12.4. The molecule has 0 radical (unpaired) electrons. The van der Waals surface area contributed by atoms with E-state index in [0.29, 0.717) is 11.4 Å². The van der Waals surface area contributed by atoms with Gasteiger partial charge in [-0.25, -0.2) is 8.42 Å². The van der Waals surface area contributed by atoms with E-state index in [-0.39, 0.29) is 5.25 Å². The molecule has 5 heteroatoms. The molecule has 0 aromatic heterocycles. The summed E-state index contributed by atoms with van der Waals surface area (Å²) in [5.41, 5.74) is 8.88. The van der Waals surface area contributed by atoms with Crippen molar-refractivity contribution >= 4 is 21.4 Å².